The van der Waals surface area contributed by atoms with E-state index in [2.05, 4.69) is 30.7 Å². The van der Waals surface area contributed by atoms with E-state index in [1.165, 1.54) is 57.8 Å². The van der Waals surface area contributed by atoms with Gasteiger partial charge in [0.1, 0.15) is 5.82 Å². The quantitative estimate of drug-likeness (QED) is 0.0861. The number of carbonyl (C=O) groups excluding carboxylic acids is 2. The molecule has 0 spiro atoms. The third-order valence-corrected chi connectivity index (χ3v) is 15.8. The van der Waals surface area contributed by atoms with Crippen LogP contribution in [0.3, 0.4) is 0 Å². The second-order valence-corrected chi connectivity index (χ2v) is 24.2. The Labute approximate surface area is 274 Å². The summed E-state index contributed by atoms with van der Waals surface area (Å²) in [7, 11) is -6.25. The van der Waals surface area contributed by atoms with Crippen molar-refractivity contribution in [2.45, 2.75) is 77.6 Å². The van der Waals surface area contributed by atoms with Crippen LogP contribution in [0.4, 0.5) is 10.3 Å². The summed E-state index contributed by atoms with van der Waals surface area (Å²) in [4.78, 5) is 34.7. The van der Waals surface area contributed by atoms with Crippen molar-refractivity contribution in [1.82, 2.24) is 9.97 Å². The number of rotatable bonds is 15. The predicted octanol–water partition coefficient (Wildman–Crippen LogP) is 6.72. The number of sulfonamides is 1. The fraction of sp³-hybridized carbons (Fsp3) is 0.562. The van der Waals surface area contributed by atoms with E-state index in [0.29, 0.717) is 22.5 Å². The number of benzene rings is 1. The molecule has 0 unspecified atom stereocenters. The zero-order valence-corrected chi connectivity index (χ0v) is 31.6. The molecule has 1 aromatic carbocycles. The molecule has 256 valence electrons. The first kappa shape index (κ1) is 39.4. The summed E-state index contributed by atoms with van der Waals surface area (Å²) in [6.45, 7) is 17.1. The third-order valence-electron chi connectivity index (χ3n) is 7.97. The van der Waals surface area contributed by atoms with E-state index >= 15 is 0 Å². The summed E-state index contributed by atoms with van der Waals surface area (Å²) in [6, 6.07) is 5.56. The first-order valence-electron chi connectivity index (χ1n) is 15.1. The second kappa shape index (κ2) is 15.4. The number of nitrogens with zero attached hydrogens (tertiary/aromatic N) is 3. The highest BCUT2D eigenvalue weighted by molar-refractivity contribution is 7.93. The van der Waals surface area contributed by atoms with Crippen molar-refractivity contribution in [3.05, 3.63) is 47.4 Å². The lowest BCUT2D eigenvalue weighted by Gasteiger charge is -2.39. The van der Waals surface area contributed by atoms with E-state index in [4.69, 9.17) is 9.16 Å². The number of aromatic nitrogens is 2. The Bertz CT molecular complexity index is 1580. The summed E-state index contributed by atoms with van der Waals surface area (Å²) in [6.07, 6.45) is 2.11. The Kier molecular flexibility index (Phi) is 13.2. The van der Waals surface area contributed by atoms with Gasteiger partial charge in [0.2, 0.25) is 16.0 Å². The molecular weight excluding hydrogens is 648 g/mol. The van der Waals surface area contributed by atoms with Crippen LogP contribution in [0, 0.1) is 5.82 Å². The van der Waals surface area contributed by atoms with Crippen molar-refractivity contribution >= 4 is 49.3 Å². The predicted molar refractivity (Wildman–Crippen MR) is 185 cm³/mol. The van der Waals surface area contributed by atoms with Crippen molar-refractivity contribution < 1.29 is 36.1 Å². The fourth-order valence-electron chi connectivity index (χ4n) is 4.13. The molecule has 0 N–H and O–H groups in total. The van der Waals surface area contributed by atoms with Crippen molar-refractivity contribution in [2.24, 2.45) is 0 Å². The number of hydrogen-bond acceptors (Lipinski definition) is 9. The van der Waals surface area contributed by atoms with Crippen LogP contribution in [-0.4, -0.2) is 84.0 Å². The van der Waals surface area contributed by atoms with Crippen molar-refractivity contribution in [2.75, 3.05) is 43.7 Å². The molecule has 0 radical (unpaired) electrons. The minimum absolute atomic E-state index is 0.000569. The van der Waals surface area contributed by atoms with Crippen LogP contribution in [0.2, 0.25) is 18.1 Å². The van der Waals surface area contributed by atoms with Gasteiger partial charge in [-0.2, -0.15) is 0 Å². The molecule has 1 heterocycles. The van der Waals surface area contributed by atoms with Gasteiger partial charge >= 0.3 is 5.97 Å². The smallest absolute Gasteiger partial charge is 0.308 e. The Hall–Kier alpha value is -2.73. The molecule has 0 amide bonds. The van der Waals surface area contributed by atoms with Crippen LogP contribution in [-0.2, 0) is 33.3 Å². The fourth-order valence-corrected chi connectivity index (χ4v) is 8.77. The Morgan fingerprint density at radius 1 is 1.09 bits per heavy atom. The molecule has 2 aromatic rings. The summed E-state index contributed by atoms with van der Waals surface area (Å²) < 4.78 is 64.8. The molecule has 14 heteroatoms. The molecular formula is C32H49FN3O7PSSi. The van der Waals surface area contributed by atoms with Gasteiger partial charge in [-0.25, -0.2) is 27.1 Å². The summed E-state index contributed by atoms with van der Waals surface area (Å²) in [5, 5.41) is -0.150. The number of carbonyl (C=O) groups is 2. The van der Waals surface area contributed by atoms with Crippen LogP contribution < -0.4 is 4.31 Å². The Morgan fingerprint density at radius 2 is 1.67 bits per heavy atom. The number of anilines is 1. The van der Waals surface area contributed by atoms with Gasteiger partial charge in [0.15, 0.2) is 14.1 Å². The summed E-state index contributed by atoms with van der Waals surface area (Å²) in [5.41, 5.74) is 1.73. The van der Waals surface area contributed by atoms with E-state index in [1.807, 2.05) is 26.9 Å². The number of esters is 1. The zero-order valence-electron chi connectivity index (χ0n) is 28.9. The topological polar surface area (TPSA) is 133 Å². The van der Waals surface area contributed by atoms with Crippen molar-refractivity contribution in [3.8, 4) is 11.3 Å². The first-order valence-corrected chi connectivity index (χ1v) is 22.4. The number of halogens is 1. The van der Waals surface area contributed by atoms with E-state index < -0.39 is 43.4 Å². The zero-order chi connectivity index (χ0) is 35.3. The Morgan fingerprint density at radius 3 is 2.17 bits per heavy atom. The molecule has 1 atom stereocenters. The Balaban J connectivity index is 2.62. The molecule has 0 saturated heterocycles. The van der Waals surface area contributed by atoms with Gasteiger partial charge < -0.3 is 13.7 Å². The molecule has 0 saturated carbocycles. The van der Waals surface area contributed by atoms with Crippen LogP contribution in [0.1, 0.15) is 64.6 Å². The lowest BCUT2D eigenvalue weighted by molar-refractivity contribution is -0.142. The minimum Gasteiger partial charge on any atom is -0.469 e. The summed E-state index contributed by atoms with van der Waals surface area (Å²) >= 11 is 0. The van der Waals surface area contributed by atoms with Crippen LogP contribution in [0.25, 0.3) is 17.3 Å². The molecule has 0 aliphatic rings. The highest BCUT2D eigenvalue weighted by Gasteiger charge is 2.40. The van der Waals surface area contributed by atoms with E-state index in [0.717, 1.165) is 4.31 Å². The average molecular weight is 698 g/mol. The maximum atomic E-state index is 13.9. The standard InChI is InChI=1S/C32H49FN3O7PSSi/c1-22(2)29-27(17-16-25(37)20-26(21-28(38)42-7)43-46(10,11)32(3,4)5)30(23-12-14-24(33)15-13-23)35-31(34-29)36(6)45(40,41)19-18-44(8,9)39/h12-17,22,26H,18-21H2,1-11H3/b17-16+/t26-/m1/s1. The molecule has 0 aliphatic carbocycles. The van der Waals surface area contributed by atoms with Gasteiger partial charge in [0.25, 0.3) is 0 Å². The molecule has 0 aliphatic heterocycles. The third kappa shape index (κ3) is 11.2. The van der Waals surface area contributed by atoms with Crippen LogP contribution in [0.5, 0.6) is 0 Å². The van der Waals surface area contributed by atoms with E-state index in [-0.39, 0.29) is 47.4 Å². The maximum absolute atomic E-state index is 13.9. The van der Waals surface area contributed by atoms with Gasteiger partial charge in [0, 0.05) is 30.8 Å². The lowest BCUT2D eigenvalue weighted by atomic mass is 9.97. The summed E-state index contributed by atoms with van der Waals surface area (Å²) in [5.74, 6) is -1.93. The van der Waals surface area contributed by atoms with Gasteiger partial charge in [-0.3, -0.25) is 9.59 Å². The van der Waals surface area contributed by atoms with Crippen molar-refractivity contribution in [3.63, 3.8) is 0 Å². The SMILES string of the molecule is COC(=O)C[C@@H](CC(=O)/C=C/c1c(-c2ccc(F)cc2)nc(N(C)S(=O)(=O)CCP(C)(C)=O)nc1C(C)C)O[Si](C)(C)C(C)(C)C. The largest absolute Gasteiger partial charge is 0.469 e. The second-order valence-electron chi connectivity index (χ2n) is 13.7. The normalized spacial score (nSPS) is 13.7. The average Bonchev–Trinajstić information content (AvgIpc) is 2.93. The highest BCUT2D eigenvalue weighted by Crippen LogP contribution is 2.39. The molecule has 0 fully saturated rings. The molecule has 46 heavy (non-hydrogen) atoms. The number of allylic oxidation sites excluding steroid dienone is 1. The molecule has 0 bridgehead atoms. The lowest BCUT2D eigenvalue weighted by Crippen LogP contribution is -2.44. The van der Waals surface area contributed by atoms with Crippen molar-refractivity contribution in [1.29, 1.82) is 0 Å². The monoisotopic (exact) mass is 697 g/mol. The van der Waals surface area contributed by atoms with Gasteiger partial charge in [-0.1, -0.05) is 34.6 Å². The molecule has 10 nitrogen and oxygen atoms in total. The number of methoxy groups -OCH3 is 1. The van der Waals surface area contributed by atoms with Crippen LogP contribution >= 0.6 is 7.14 Å². The van der Waals surface area contributed by atoms with Gasteiger partial charge in [-0.15, -0.1) is 0 Å². The number of ether oxygens (including phenoxy) is 1. The minimum atomic E-state index is -3.93. The number of ketones is 1. The number of hydrogen-bond donors (Lipinski definition) is 0. The van der Waals surface area contributed by atoms with Gasteiger partial charge in [-0.05, 0) is 73.8 Å². The highest BCUT2D eigenvalue weighted by atomic mass is 32.2. The van der Waals surface area contributed by atoms with E-state index in [9.17, 15) is 27.0 Å². The van der Waals surface area contributed by atoms with Gasteiger partial charge in [0.05, 0.1) is 43.9 Å². The van der Waals surface area contributed by atoms with E-state index in [1.54, 1.807) is 6.08 Å². The molecule has 2 rings (SSSR count). The first-order chi connectivity index (χ1) is 21.0. The molecule has 1 aromatic heterocycles. The van der Waals surface area contributed by atoms with Crippen LogP contribution in [0.15, 0.2) is 30.3 Å². The maximum Gasteiger partial charge on any atom is 0.308 e.